The second kappa shape index (κ2) is 11.5. The van der Waals surface area contributed by atoms with Crippen LogP contribution in [0.2, 0.25) is 0 Å². The fourth-order valence-corrected chi connectivity index (χ4v) is 4.75. The van der Waals surface area contributed by atoms with Crippen molar-refractivity contribution in [3.05, 3.63) is 30.1 Å². The van der Waals surface area contributed by atoms with E-state index in [4.69, 9.17) is 15.5 Å². The van der Waals surface area contributed by atoms with Gasteiger partial charge in [-0.15, -0.1) is 24.8 Å². The van der Waals surface area contributed by atoms with Gasteiger partial charge in [0.15, 0.2) is 0 Å². The van der Waals surface area contributed by atoms with Gasteiger partial charge in [0.25, 0.3) is 0 Å². The van der Waals surface area contributed by atoms with Gasteiger partial charge in [0, 0.05) is 52.5 Å². The summed E-state index contributed by atoms with van der Waals surface area (Å²) >= 11 is 0. The SMILES string of the molecule is CN(Cc1nc2ccccc2n1C)C(=O)[C@@H]1CC[C@H](N)CN(C2CCOCC2)C1.Cl.Cl. The number of imidazole rings is 1. The van der Waals surface area contributed by atoms with Crippen molar-refractivity contribution >= 4 is 41.8 Å². The number of ether oxygens (including phenoxy) is 1. The summed E-state index contributed by atoms with van der Waals surface area (Å²) in [4.78, 5) is 22.3. The molecule has 0 radical (unpaired) electrons. The van der Waals surface area contributed by atoms with Gasteiger partial charge in [-0.05, 0) is 37.8 Å². The number of aromatic nitrogens is 2. The van der Waals surface area contributed by atoms with E-state index < -0.39 is 0 Å². The molecular formula is C22H35Cl2N5O2. The Morgan fingerprint density at radius 3 is 2.58 bits per heavy atom. The monoisotopic (exact) mass is 471 g/mol. The van der Waals surface area contributed by atoms with E-state index in [1.165, 1.54) is 0 Å². The van der Waals surface area contributed by atoms with Gasteiger partial charge in [0.2, 0.25) is 5.91 Å². The van der Waals surface area contributed by atoms with Crippen LogP contribution < -0.4 is 5.73 Å². The second-order valence-corrected chi connectivity index (χ2v) is 8.60. The van der Waals surface area contributed by atoms with Crippen molar-refractivity contribution in [2.75, 3.05) is 33.4 Å². The average molecular weight is 472 g/mol. The molecule has 174 valence electrons. The Balaban J connectivity index is 0.00000171. The van der Waals surface area contributed by atoms with E-state index in [1.807, 2.05) is 37.2 Å². The summed E-state index contributed by atoms with van der Waals surface area (Å²) < 4.78 is 7.60. The van der Waals surface area contributed by atoms with Crippen LogP contribution in [-0.2, 0) is 23.1 Å². The molecule has 0 spiro atoms. The van der Waals surface area contributed by atoms with Gasteiger partial charge in [0.1, 0.15) is 5.82 Å². The zero-order valence-electron chi connectivity index (χ0n) is 18.4. The van der Waals surface area contributed by atoms with E-state index in [9.17, 15) is 4.79 Å². The van der Waals surface area contributed by atoms with Gasteiger partial charge in [-0.1, -0.05) is 12.1 Å². The van der Waals surface area contributed by atoms with Gasteiger partial charge >= 0.3 is 0 Å². The van der Waals surface area contributed by atoms with Crippen LogP contribution in [0.25, 0.3) is 11.0 Å². The molecule has 0 saturated carbocycles. The summed E-state index contributed by atoms with van der Waals surface area (Å²) in [5.41, 5.74) is 8.41. The van der Waals surface area contributed by atoms with Gasteiger partial charge in [0.05, 0.1) is 23.5 Å². The van der Waals surface area contributed by atoms with Gasteiger partial charge < -0.3 is 19.9 Å². The molecule has 2 saturated heterocycles. The number of hydrogen-bond donors (Lipinski definition) is 1. The van der Waals surface area contributed by atoms with Crippen LogP contribution in [0.4, 0.5) is 0 Å². The van der Waals surface area contributed by atoms with Crippen LogP contribution >= 0.6 is 24.8 Å². The van der Waals surface area contributed by atoms with Crippen molar-refractivity contribution in [3.8, 4) is 0 Å². The van der Waals surface area contributed by atoms with E-state index in [1.54, 1.807) is 0 Å². The predicted octanol–water partition coefficient (Wildman–Crippen LogP) is 2.59. The third-order valence-electron chi connectivity index (χ3n) is 6.50. The Kier molecular flexibility index (Phi) is 9.58. The minimum atomic E-state index is -0.00826. The van der Waals surface area contributed by atoms with Gasteiger partial charge in [-0.2, -0.15) is 0 Å². The zero-order chi connectivity index (χ0) is 20.4. The van der Waals surface area contributed by atoms with Crippen LogP contribution in [-0.4, -0.2) is 70.7 Å². The standard InChI is InChI=1S/C22H33N5O2.2ClH/c1-25(15-21-24-19-5-3-4-6-20(19)26(21)2)22(28)16-7-8-17(23)14-27(13-16)18-9-11-29-12-10-18;;/h3-6,16-18H,7-15,23H2,1-2H3;2*1H/t16-,17+;;/m1../s1. The number of fused-ring (bicyclic) bond motifs is 1. The number of likely N-dealkylation sites (tertiary alicyclic amines) is 1. The zero-order valence-corrected chi connectivity index (χ0v) is 20.0. The highest BCUT2D eigenvalue weighted by atomic mass is 35.5. The lowest BCUT2D eigenvalue weighted by molar-refractivity contribution is -0.135. The van der Waals surface area contributed by atoms with E-state index in [2.05, 4.69) is 15.5 Å². The fraction of sp³-hybridized carbons (Fsp3) is 0.636. The Bertz CT molecular complexity index is 856. The molecule has 0 unspecified atom stereocenters. The molecule has 31 heavy (non-hydrogen) atoms. The molecule has 0 aliphatic carbocycles. The molecule has 0 bridgehead atoms. The lowest BCUT2D eigenvalue weighted by atomic mass is 10.00. The Morgan fingerprint density at radius 1 is 1.16 bits per heavy atom. The number of nitrogens with two attached hydrogens (primary N) is 1. The number of amides is 1. The molecule has 2 aliphatic rings. The molecular weight excluding hydrogens is 437 g/mol. The number of carbonyl (C=O) groups excluding carboxylic acids is 1. The Morgan fingerprint density at radius 2 is 1.87 bits per heavy atom. The van der Waals surface area contributed by atoms with Gasteiger partial charge in [-0.25, -0.2) is 4.98 Å². The maximum atomic E-state index is 13.3. The van der Waals surface area contributed by atoms with Crippen LogP contribution in [0.15, 0.2) is 24.3 Å². The average Bonchev–Trinajstić information content (AvgIpc) is 2.92. The summed E-state index contributed by atoms with van der Waals surface area (Å²) in [5, 5.41) is 0. The number of aryl methyl sites for hydroxylation is 1. The number of benzene rings is 1. The normalized spacial score (nSPS) is 22.9. The van der Waals surface area contributed by atoms with Crippen molar-refractivity contribution in [3.63, 3.8) is 0 Å². The minimum Gasteiger partial charge on any atom is -0.381 e. The molecule has 1 aromatic carbocycles. The smallest absolute Gasteiger partial charge is 0.227 e. The van der Waals surface area contributed by atoms with Crippen molar-refractivity contribution in [2.45, 2.75) is 44.3 Å². The third-order valence-corrected chi connectivity index (χ3v) is 6.50. The lowest BCUT2D eigenvalue weighted by Crippen LogP contribution is -2.47. The highest BCUT2D eigenvalue weighted by Crippen LogP contribution is 2.24. The summed E-state index contributed by atoms with van der Waals surface area (Å²) in [7, 11) is 3.91. The van der Waals surface area contributed by atoms with Crippen molar-refractivity contribution in [2.24, 2.45) is 18.7 Å². The fourth-order valence-electron chi connectivity index (χ4n) is 4.75. The molecule has 2 aromatic rings. The molecule has 9 heteroatoms. The number of rotatable bonds is 4. The summed E-state index contributed by atoms with van der Waals surface area (Å²) in [6.45, 7) is 3.81. The van der Waals surface area contributed by atoms with Crippen molar-refractivity contribution in [1.82, 2.24) is 19.4 Å². The molecule has 2 atom stereocenters. The van der Waals surface area contributed by atoms with E-state index in [-0.39, 0.29) is 42.7 Å². The second-order valence-electron chi connectivity index (χ2n) is 8.60. The van der Waals surface area contributed by atoms with Crippen molar-refractivity contribution in [1.29, 1.82) is 0 Å². The number of carbonyl (C=O) groups is 1. The van der Waals surface area contributed by atoms with Crippen LogP contribution in [0.1, 0.15) is 31.5 Å². The van der Waals surface area contributed by atoms with E-state index >= 15 is 0 Å². The first kappa shape index (κ1) is 25.9. The van der Waals surface area contributed by atoms with Crippen LogP contribution in [0.3, 0.4) is 0 Å². The summed E-state index contributed by atoms with van der Waals surface area (Å²) in [6.07, 6.45) is 3.81. The maximum absolute atomic E-state index is 13.3. The number of hydrogen-bond acceptors (Lipinski definition) is 5. The molecule has 3 heterocycles. The maximum Gasteiger partial charge on any atom is 0.227 e. The number of nitrogens with zero attached hydrogens (tertiary/aromatic N) is 4. The highest BCUT2D eigenvalue weighted by Gasteiger charge is 2.33. The largest absolute Gasteiger partial charge is 0.381 e. The molecule has 2 N–H and O–H groups in total. The molecule has 1 aromatic heterocycles. The van der Waals surface area contributed by atoms with Crippen molar-refractivity contribution < 1.29 is 9.53 Å². The molecule has 4 rings (SSSR count). The number of halogens is 2. The van der Waals surface area contributed by atoms with Crippen LogP contribution in [0.5, 0.6) is 0 Å². The molecule has 7 nitrogen and oxygen atoms in total. The topological polar surface area (TPSA) is 76.6 Å². The molecule has 1 amide bonds. The first-order chi connectivity index (χ1) is 14.0. The summed E-state index contributed by atoms with van der Waals surface area (Å²) in [6, 6.07) is 8.70. The van der Waals surface area contributed by atoms with Crippen LogP contribution in [0, 0.1) is 5.92 Å². The first-order valence-corrected chi connectivity index (χ1v) is 10.8. The number of para-hydroxylation sites is 2. The third kappa shape index (κ3) is 5.90. The quantitative estimate of drug-likeness (QED) is 0.741. The van der Waals surface area contributed by atoms with Gasteiger partial charge in [-0.3, -0.25) is 9.69 Å². The van der Waals surface area contributed by atoms with E-state index in [0.717, 1.165) is 68.8 Å². The van der Waals surface area contributed by atoms with E-state index in [0.29, 0.717) is 12.6 Å². The predicted molar refractivity (Wildman–Crippen MR) is 128 cm³/mol. The lowest BCUT2D eigenvalue weighted by Gasteiger charge is -2.36. The Labute approximate surface area is 197 Å². The molecule has 2 fully saturated rings. The Hall–Kier alpha value is -1.38. The first-order valence-electron chi connectivity index (χ1n) is 10.8. The molecule has 2 aliphatic heterocycles. The summed E-state index contributed by atoms with van der Waals surface area (Å²) in [5.74, 6) is 1.10. The highest BCUT2D eigenvalue weighted by molar-refractivity contribution is 5.85. The minimum absolute atomic E-state index is 0.